The van der Waals surface area contributed by atoms with E-state index in [1.54, 1.807) is 6.07 Å². The molecule has 0 saturated carbocycles. The molecule has 0 atom stereocenters. The number of aliphatic hydroxyl groups is 1. The van der Waals surface area contributed by atoms with Crippen molar-refractivity contribution in [2.45, 2.75) is 32.5 Å². The molecule has 16 heavy (non-hydrogen) atoms. The summed E-state index contributed by atoms with van der Waals surface area (Å²) >= 11 is 0. The molecular weight excluding hydrogens is 206 g/mol. The molecule has 1 aliphatic rings. The molecule has 1 fully saturated rings. The lowest BCUT2D eigenvalue weighted by Crippen LogP contribution is -2.38. The van der Waals surface area contributed by atoms with Crippen LogP contribution in [0.3, 0.4) is 0 Å². The van der Waals surface area contributed by atoms with E-state index in [-0.39, 0.29) is 12.7 Å². The lowest BCUT2D eigenvalue weighted by molar-refractivity contribution is -0.0814. The molecule has 0 aliphatic carbocycles. The minimum Gasteiger partial charge on any atom is -0.469 e. The SMILES string of the molecule is CCCc1cc(CO)cc(OC2COC2)n1. The molecule has 88 valence electrons. The van der Waals surface area contributed by atoms with Crippen molar-refractivity contribution in [3.8, 4) is 5.88 Å². The fourth-order valence-electron chi connectivity index (χ4n) is 1.61. The number of hydrogen-bond acceptors (Lipinski definition) is 4. The Morgan fingerprint density at radius 1 is 1.50 bits per heavy atom. The van der Waals surface area contributed by atoms with Crippen LogP contribution in [0.4, 0.5) is 0 Å². The Kier molecular flexibility index (Phi) is 3.74. The van der Waals surface area contributed by atoms with Crippen LogP contribution in [0.15, 0.2) is 12.1 Å². The van der Waals surface area contributed by atoms with Gasteiger partial charge in [-0.1, -0.05) is 13.3 Å². The van der Waals surface area contributed by atoms with Crippen LogP contribution in [0.2, 0.25) is 0 Å². The van der Waals surface area contributed by atoms with Gasteiger partial charge in [0.2, 0.25) is 5.88 Å². The highest BCUT2D eigenvalue weighted by Crippen LogP contribution is 2.17. The molecule has 1 aliphatic heterocycles. The van der Waals surface area contributed by atoms with E-state index in [9.17, 15) is 0 Å². The number of ether oxygens (including phenoxy) is 2. The van der Waals surface area contributed by atoms with Crippen LogP contribution in [-0.2, 0) is 17.8 Å². The van der Waals surface area contributed by atoms with E-state index >= 15 is 0 Å². The van der Waals surface area contributed by atoms with Gasteiger partial charge in [-0.05, 0) is 18.1 Å². The van der Waals surface area contributed by atoms with Crippen LogP contribution in [0, 0.1) is 0 Å². The Morgan fingerprint density at radius 3 is 2.88 bits per heavy atom. The Labute approximate surface area is 95.2 Å². The average Bonchev–Trinajstić information content (AvgIpc) is 2.24. The third kappa shape index (κ3) is 2.71. The second kappa shape index (κ2) is 5.27. The van der Waals surface area contributed by atoms with Crippen LogP contribution in [-0.4, -0.2) is 29.4 Å². The molecule has 1 aromatic heterocycles. The minimum atomic E-state index is 0.0246. The van der Waals surface area contributed by atoms with E-state index in [2.05, 4.69) is 11.9 Å². The quantitative estimate of drug-likeness (QED) is 0.817. The number of pyridine rings is 1. The number of aliphatic hydroxyl groups excluding tert-OH is 1. The third-order valence-corrected chi connectivity index (χ3v) is 2.50. The summed E-state index contributed by atoms with van der Waals surface area (Å²) in [5.74, 6) is 0.600. The van der Waals surface area contributed by atoms with Crippen LogP contribution in [0.1, 0.15) is 24.6 Å². The predicted molar refractivity (Wildman–Crippen MR) is 59.4 cm³/mol. The number of aryl methyl sites for hydroxylation is 1. The summed E-state index contributed by atoms with van der Waals surface area (Å²) < 4.78 is 10.7. The second-order valence-corrected chi connectivity index (χ2v) is 3.99. The van der Waals surface area contributed by atoms with Crippen molar-refractivity contribution >= 4 is 0 Å². The van der Waals surface area contributed by atoms with Crippen molar-refractivity contribution in [3.05, 3.63) is 23.4 Å². The topological polar surface area (TPSA) is 51.6 Å². The van der Waals surface area contributed by atoms with Crippen LogP contribution >= 0.6 is 0 Å². The standard InChI is InChI=1S/C12H17NO3/c1-2-3-10-4-9(6-14)5-12(13-10)16-11-7-15-8-11/h4-5,11,14H,2-3,6-8H2,1H3. The molecule has 0 spiro atoms. The number of hydrogen-bond donors (Lipinski definition) is 1. The Morgan fingerprint density at radius 2 is 2.31 bits per heavy atom. The van der Waals surface area contributed by atoms with Gasteiger partial charge < -0.3 is 14.6 Å². The molecule has 1 aromatic rings. The van der Waals surface area contributed by atoms with Gasteiger partial charge >= 0.3 is 0 Å². The highest BCUT2D eigenvalue weighted by atomic mass is 16.6. The Balaban J connectivity index is 2.11. The third-order valence-electron chi connectivity index (χ3n) is 2.50. The highest BCUT2D eigenvalue weighted by molar-refractivity contribution is 5.25. The molecular formula is C12H17NO3. The normalized spacial score (nSPS) is 15.9. The van der Waals surface area contributed by atoms with Crippen molar-refractivity contribution < 1.29 is 14.6 Å². The summed E-state index contributed by atoms with van der Waals surface area (Å²) in [6, 6.07) is 3.71. The fourth-order valence-corrected chi connectivity index (χ4v) is 1.61. The zero-order valence-electron chi connectivity index (χ0n) is 9.48. The summed E-state index contributed by atoms with van der Waals surface area (Å²) in [6.07, 6.45) is 2.06. The van der Waals surface area contributed by atoms with Gasteiger partial charge in [0.15, 0.2) is 0 Å². The monoisotopic (exact) mass is 223 g/mol. The Bertz CT molecular complexity index is 350. The average molecular weight is 223 g/mol. The maximum atomic E-state index is 9.15. The first-order valence-electron chi connectivity index (χ1n) is 5.67. The molecule has 0 bridgehead atoms. The number of nitrogens with zero attached hydrogens (tertiary/aromatic N) is 1. The van der Waals surface area contributed by atoms with Gasteiger partial charge in [-0.25, -0.2) is 4.98 Å². The molecule has 4 nitrogen and oxygen atoms in total. The zero-order chi connectivity index (χ0) is 11.4. The first-order valence-corrected chi connectivity index (χ1v) is 5.67. The van der Waals surface area contributed by atoms with Gasteiger partial charge in [0.25, 0.3) is 0 Å². The van der Waals surface area contributed by atoms with E-state index in [4.69, 9.17) is 14.6 Å². The lowest BCUT2D eigenvalue weighted by atomic mass is 10.2. The largest absolute Gasteiger partial charge is 0.469 e. The van der Waals surface area contributed by atoms with Crippen LogP contribution in [0.5, 0.6) is 5.88 Å². The van der Waals surface area contributed by atoms with E-state index in [1.165, 1.54) is 0 Å². The van der Waals surface area contributed by atoms with Gasteiger partial charge in [0, 0.05) is 11.8 Å². The summed E-state index contributed by atoms with van der Waals surface area (Å²) in [6.45, 7) is 3.40. The number of rotatable bonds is 5. The van der Waals surface area contributed by atoms with Gasteiger partial charge in [0.05, 0.1) is 19.8 Å². The van der Waals surface area contributed by atoms with E-state index in [0.29, 0.717) is 19.1 Å². The first kappa shape index (κ1) is 11.4. The van der Waals surface area contributed by atoms with Gasteiger partial charge in [-0.2, -0.15) is 0 Å². The Hall–Kier alpha value is -1.13. The molecule has 0 amide bonds. The summed E-state index contributed by atoms with van der Waals surface area (Å²) in [5.41, 5.74) is 1.83. The van der Waals surface area contributed by atoms with Crippen molar-refractivity contribution in [1.29, 1.82) is 0 Å². The van der Waals surface area contributed by atoms with Crippen molar-refractivity contribution in [2.24, 2.45) is 0 Å². The first-order chi connectivity index (χ1) is 7.81. The maximum Gasteiger partial charge on any atom is 0.214 e. The summed E-state index contributed by atoms with van der Waals surface area (Å²) in [4.78, 5) is 4.40. The lowest BCUT2D eigenvalue weighted by Gasteiger charge is -2.26. The van der Waals surface area contributed by atoms with Crippen molar-refractivity contribution in [1.82, 2.24) is 4.98 Å². The van der Waals surface area contributed by atoms with Crippen LogP contribution < -0.4 is 4.74 Å². The fraction of sp³-hybridized carbons (Fsp3) is 0.583. The minimum absolute atomic E-state index is 0.0246. The predicted octanol–water partition coefficient (Wildman–Crippen LogP) is 1.30. The van der Waals surface area contributed by atoms with E-state index < -0.39 is 0 Å². The molecule has 0 aromatic carbocycles. The summed E-state index contributed by atoms with van der Waals surface area (Å²) in [5, 5.41) is 9.15. The summed E-state index contributed by atoms with van der Waals surface area (Å²) in [7, 11) is 0. The van der Waals surface area contributed by atoms with Gasteiger partial charge in [0.1, 0.15) is 6.10 Å². The molecule has 0 unspecified atom stereocenters. The second-order valence-electron chi connectivity index (χ2n) is 3.99. The van der Waals surface area contributed by atoms with Gasteiger partial charge in [-0.15, -0.1) is 0 Å². The highest BCUT2D eigenvalue weighted by Gasteiger charge is 2.20. The maximum absolute atomic E-state index is 9.15. The van der Waals surface area contributed by atoms with Crippen LogP contribution in [0.25, 0.3) is 0 Å². The number of aromatic nitrogens is 1. The van der Waals surface area contributed by atoms with Crippen molar-refractivity contribution in [3.63, 3.8) is 0 Å². The molecule has 2 heterocycles. The molecule has 2 rings (SSSR count). The van der Waals surface area contributed by atoms with E-state index in [0.717, 1.165) is 24.1 Å². The zero-order valence-corrected chi connectivity index (χ0v) is 9.48. The van der Waals surface area contributed by atoms with E-state index in [1.807, 2.05) is 6.07 Å². The smallest absolute Gasteiger partial charge is 0.214 e. The molecule has 4 heteroatoms. The molecule has 0 radical (unpaired) electrons. The van der Waals surface area contributed by atoms with Crippen molar-refractivity contribution in [2.75, 3.05) is 13.2 Å². The van der Waals surface area contributed by atoms with Gasteiger partial charge in [-0.3, -0.25) is 0 Å². The molecule has 1 saturated heterocycles. The molecule has 1 N–H and O–H groups in total.